The van der Waals surface area contributed by atoms with E-state index in [1.165, 1.54) is 19.3 Å². The number of halogens is 1. The minimum absolute atomic E-state index is 0.0562. The van der Waals surface area contributed by atoms with Crippen molar-refractivity contribution in [3.8, 4) is 17.6 Å². The zero-order chi connectivity index (χ0) is 22.6. The molecule has 0 fully saturated rings. The topological polar surface area (TPSA) is 97.6 Å². The Morgan fingerprint density at radius 1 is 1.19 bits per heavy atom. The maximum Gasteiger partial charge on any atom is 0.345 e. The first kappa shape index (κ1) is 23.9. The van der Waals surface area contributed by atoms with Gasteiger partial charge in [0.15, 0.2) is 11.5 Å². The van der Waals surface area contributed by atoms with Crippen molar-refractivity contribution in [3.63, 3.8) is 0 Å². The van der Waals surface area contributed by atoms with Crippen molar-refractivity contribution >= 4 is 29.6 Å². The van der Waals surface area contributed by atoms with E-state index in [0.29, 0.717) is 31.7 Å². The molecule has 31 heavy (non-hydrogen) atoms. The molecule has 162 valence electrons. The van der Waals surface area contributed by atoms with Gasteiger partial charge in [-0.05, 0) is 49.2 Å². The number of amides is 1. The van der Waals surface area contributed by atoms with E-state index in [2.05, 4.69) is 5.32 Å². The number of hydrogen-bond acceptors (Lipinski definition) is 6. The predicted molar refractivity (Wildman–Crippen MR) is 117 cm³/mol. The Balaban J connectivity index is 2.12. The third kappa shape index (κ3) is 7.14. The van der Waals surface area contributed by atoms with Crippen LogP contribution in [0.2, 0.25) is 5.02 Å². The predicted octanol–water partition coefficient (Wildman–Crippen LogP) is 4.02. The van der Waals surface area contributed by atoms with Gasteiger partial charge in [-0.25, -0.2) is 4.79 Å². The van der Waals surface area contributed by atoms with Gasteiger partial charge in [-0.2, -0.15) is 5.26 Å². The van der Waals surface area contributed by atoms with Gasteiger partial charge in [-0.3, -0.25) is 4.79 Å². The zero-order valence-corrected chi connectivity index (χ0v) is 18.1. The standard InChI is InChI=1S/C23H23ClN2O5/c1-3-30-12-6-11-26-22(27)17(15-25)13-16-9-10-20(21(14-16)29-2)31-23(28)18-7-4-5-8-19(18)24/h4-5,7-10,13-14H,3,6,11-12H2,1-2H3,(H,26,27)/b17-13+. The van der Waals surface area contributed by atoms with Crippen LogP contribution in [0.25, 0.3) is 6.08 Å². The minimum Gasteiger partial charge on any atom is -0.493 e. The van der Waals surface area contributed by atoms with Crippen LogP contribution in [-0.2, 0) is 9.53 Å². The van der Waals surface area contributed by atoms with Gasteiger partial charge < -0.3 is 19.5 Å². The van der Waals surface area contributed by atoms with Crippen LogP contribution in [0.5, 0.6) is 11.5 Å². The summed E-state index contributed by atoms with van der Waals surface area (Å²) in [6, 6.07) is 13.1. The molecular formula is C23H23ClN2O5. The number of methoxy groups -OCH3 is 1. The van der Waals surface area contributed by atoms with Crippen LogP contribution in [0.15, 0.2) is 48.0 Å². The van der Waals surface area contributed by atoms with Crippen LogP contribution in [-0.4, -0.2) is 38.7 Å². The largest absolute Gasteiger partial charge is 0.493 e. The molecule has 0 heterocycles. The van der Waals surface area contributed by atoms with Gasteiger partial charge in [0.1, 0.15) is 11.6 Å². The number of rotatable bonds is 10. The number of carbonyl (C=O) groups is 2. The molecule has 1 amide bonds. The maximum absolute atomic E-state index is 12.4. The molecule has 2 aromatic rings. The SMILES string of the molecule is CCOCCCNC(=O)/C(C#N)=C/c1ccc(OC(=O)c2ccccc2Cl)c(OC)c1. The zero-order valence-electron chi connectivity index (χ0n) is 17.3. The van der Waals surface area contributed by atoms with Crippen LogP contribution in [0, 0.1) is 11.3 Å². The van der Waals surface area contributed by atoms with E-state index in [-0.39, 0.29) is 27.7 Å². The lowest BCUT2D eigenvalue weighted by Gasteiger charge is -2.11. The summed E-state index contributed by atoms with van der Waals surface area (Å²) in [6.45, 7) is 3.45. The van der Waals surface area contributed by atoms with Crippen LogP contribution in [0.4, 0.5) is 0 Å². The Kier molecular flexibility index (Phi) is 9.56. The van der Waals surface area contributed by atoms with E-state index in [4.69, 9.17) is 25.8 Å². The Morgan fingerprint density at radius 3 is 2.65 bits per heavy atom. The second-order valence-electron chi connectivity index (χ2n) is 6.26. The lowest BCUT2D eigenvalue weighted by Crippen LogP contribution is -2.26. The molecule has 0 bridgehead atoms. The highest BCUT2D eigenvalue weighted by Crippen LogP contribution is 2.30. The number of carbonyl (C=O) groups excluding carboxylic acids is 2. The molecule has 0 spiro atoms. The second kappa shape index (κ2) is 12.4. The smallest absolute Gasteiger partial charge is 0.345 e. The number of hydrogen-bond donors (Lipinski definition) is 1. The van der Waals surface area contributed by atoms with Crippen molar-refractivity contribution in [1.29, 1.82) is 5.26 Å². The van der Waals surface area contributed by atoms with Gasteiger partial charge in [-0.15, -0.1) is 0 Å². The number of nitrogens with one attached hydrogen (secondary N) is 1. The number of nitriles is 1. The fraction of sp³-hybridized carbons (Fsp3) is 0.261. The monoisotopic (exact) mass is 442 g/mol. The van der Waals surface area contributed by atoms with Crippen molar-refractivity contribution in [1.82, 2.24) is 5.32 Å². The molecule has 0 unspecified atom stereocenters. The van der Waals surface area contributed by atoms with Gasteiger partial charge in [0, 0.05) is 19.8 Å². The molecule has 8 heteroatoms. The van der Waals surface area contributed by atoms with Crippen molar-refractivity contribution in [2.75, 3.05) is 26.9 Å². The van der Waals surface area contributed by atoms with Gasteiger partial charge in [-0.1, -0.05) is 29.8 Å². The first-order chi connectivity index (χ1) is 15.0. The molecule has 0 radical (unpaired) electrons. The summed E-state index contributed by atoms with van der Waals surface area (Å²) in [7, 11) is 1.42. The van der Waals surface area contributed by atoms with Crippen molar-refractivity contribution in [2.24, 2.45) is 0 Å². The Morgan fingerprint density at radius 2 is 1.97 bits per heavy atom. The molecule has 0 saturated heterocycles. The van der Waals surface area contributed by atoms with E-state index in [9.17, 15) is 14.9 Å². The summed E-state index contributed by atoms with van der Waals surface area (Å²) in [5.41, 5.74) is 0.706. The summed E-state index contributed by atoms with van der Waals surface area (Å²) in [4.78, 5) is 24.6. The van der Waals surface area contributed by atoms with Gasteiger partial charge in [0.2, 0.25) is 0 Å². The normalized spacial score (nSPS) is 10.8. The summed E-state index contributed by atoms with van der Waals surface area (Å²) in [5.74, 6) is -0.657. The van der Waals surface area contributed by atoms with Crippen molar-refractivity contribution in [2.45, 2.75) is 13.3 Å². The highest BCUT2D eigenvalue weighted by atomic mass is 35.5. The van der Waals surface area contributed by atoms with Crippen LogP contribution >= 0.6 is 11.6 Å². The summed E-state index contributed by atoms with van der Waals surface area (Å²) in [5, 5.41) is 12.3. The minimum atomic E-state index is -0.628. The fourth-order valence-corrected chi connectivity index (χ4v) is 2.78. The molecular weight excluding hydrogens is 420 g/mol. The quantitative estimate of drug-likeness (QED) is 0.196. The number of ether oxygens (including phenoxy) is 3. The number of esters is 1. The summed E-state index contributed by atoms with van der Waals surface area (Å²) in [6.07, 6.45) is 2.08. The van der Waals surface area contributed by atoms with Gasteiger partial charge in [0.25, 0.3) is 5.91 Å². The molecule has 0 atom stereocenters. The molecule has 7 nitrogen and oxygen atoms in total. The molecule has 0 saturated carbocycles. The molecule has 0 aliphatic heterocycles. The van der Waals surface area contributed by atoms with Crippen LogP contribution in [0.1, 0.15) is 29.3 Å². The van der Waals surface area contributed by atoms with Crippen LogP contribution < -0.4 is 14.8 Å². The maximum atomic E-state index is 12.4. The lowest BCUT2D eigenvalue weighted by molar-refractivity contribution is -0.117. The average molecular weight is 443 g/mol. The third-order valence-electron chi connectivity index (χ3n) is 4.12. The number of nitrogens with zero attached hydrogens (tertiary/aromatic N) is 1. The van der Waals surface area contributed by atoms with Crippen molar-refractivity contribution < 1.29 is 23.8 Å². The Hall–Kier alpha value is -3.34. The van der Waals surface area contributed by atoms with E-state index in [1.807, 2.05) is 13.0 Å². The molecule has 0 aromatic heterocycles. The van der Waals surface area contributed by atoms with E-state index < -0.39 is 11.9 Å². The lowest BCUT2D eigenvalue weighted by atomic mass is 10.1. The van der Waals surface area contributed by atoms with Crippen LogP contribution in [0.3, 0.4) is 0 Å². The Labute approximate surface area is 186 Å². The molecule has 1 N–H and O–H groups in total. The summed E-state index contributed by atoms with van der Waals surface area (Å²) < 4.78 is 15.9. The molecule has 0 aliphatic carbocycles. The first-order valence-electron chi connectivity index (χ1n) is 9.62. The molecule has 0 aliphatic rings. The van der Waals surface area contributed by atoms with E-state index in [0.717, 1.165) is 0 Å². The third-order valence-corrected chi connectivity index (χ3v) is 4.44. The Bertz CT molecular complexity index is 998. The van der Waals surface area contributed by atoms with E-state index in [1.54, 1.807) is 36.4 Å². The highest BCUT2D eigenvalue weighted by molar-refractivity contribution is 6.33. The van der Waals surface area contributed by atoms with Crippen molar-refractivity contribution in [3.05, 3.63) is 64.2 Å². The second-order valence-corrected chi connectivity index (χ2v) is 6.66. The fourth-order valence-electron chi connectivity index (χ4n) is 2.57. The highest BCUT2D eigenvalue weighted by Gasteiger charge is 2.16. The first-order valence-corrected chi connectivity index (χ1v) is 10.0. The summed E-state index contributed by atoms with van der Waals surface area (Å²) >= 11 is 6.03. The van der Waals surface area contributed by atoms with Gasteiger partial charge in [0.05, 0.1) is 17.7 Å². The number of benzene rings is 2. The molecule has 2 rings (SSSR count). The average Bonchev–Trinajstić information content (AvgIpc) is 2.78. The van der Waals surface area contributed by atoms with Gasteiger partial charge >= 0.3 is 5.97 Å². The van der Waals surface area contributed by atoms with E-state index >= 15 is 0 Å². The molecule has 2 aromatic carbocycles.